The van der Waals surface area contributed by atoms with Crippen LogP contribution in [0.1, 0.15) is 75.6 Å². The molecule has 5 heterocycles. The minimum Gasteiger partial charge on any atom is -0.492 e. The highest BCUT2D eigenvalue weighted by atomic mass is 35.5. The number of hydrogen-bond donors (Lipinski definition) is 6. The number of halogens is 1. The molecular weight excluding hydrogens is 1070 g/mol. The topological polar surface area (TPSA) is 299 Å². The molecule has 2 aliphatic heterocycles. The molecule has 2 aliphatic rings. The number of aromatic nitrogens is 4. The Labute approximate surface area is 467 Å². The number of amides is 2. The predicted octanol–water partition coefficient (Wildman–Crippen LogP) is 4.16. The highest BCUT2D eigenvalue weighted by molar-refractivity contribution is 7.13. The van der Waals surface area contributed by atoms with Crippen LogP contribution < -0.4 is 15.8 Å². The number of aliphatic hydroxyl groups excluding tert-OH is 4. The Morgan fingerprint density at radius 3 is 2.16 bits per heavy atom. The van der Waals surface area contributed by atoms with Gasteiger partial charge in [0.1, 0.15) is 67.2 Å². The normalized spacial score (nSPS) is 20.2. The number of ketones is 2. The molecule has 0 aliphatic carbocycles. The number of ether oxygens (including phenoxy) is 7. The van der Waals surface area contributed by atoms with Crippen molar-refractivity contribution in [2.24, 2.45) is 11.3 Å². The van der Waals surface area contributed by atoms with Gasteiger partial charge in [-0.3, -0.25) is 19.2 Å². The number of carbonyl (C=O) groups excluding carboxylic acids is 4. The molecule has 3 aromatic heterocycles. The number of aryl methyl sites for hydroxylation is 1. The Bertz CT molecular complexity index is 2790. The smallest absolute Gasteiger partial charge is 0.243 e. The number of β-amino-alcohol motifs (C(OH)–C–C–N with tert-alkyl or cyclic N) is 1. The molecule has 7 rings (SSSR count). The van der Waals surface area contributed by atoms with Gasteiger partial charge >= 0.3 is 0 Å². The molecule has 0 radical (unpaired) electrons. The first-order valence-electron chi connectivity index (χ1n) is 26.3. The summed E-state index contributed by atoms with van der Waals surface area (Å²) < 4.78 is 40.9. The molecule has 430 valence electrons. The first-order valence-corrected chi connectivity index (χ1v) is 27.5. The second-order valence-electron chi connectivity index (χ2n) is 20.5. The van der Waals surface area contributed by atoms with E-state index in [1.165, 1.54) is 27.9 Å². The van der Waals surface area contributed by atoms with Gasteiger partial charge in [-0.05, 0) is 53.6 Å². The van der Waals surface area contributed by atoms with Crippen molar-refractivity contribution in [3.05, 3.63) is 88.4 Å². The van der Waals surface area contributed by atoms with Gasteiger partial charge in [-0.2, -0.15) is 0 Å². The van der Waals surface area contributed by atoms with E-state index in [9.17, 15) is 39.6 Å². The quantitative estimate of drug-likeness (QED) is 0.0340. The van der Waals surface area contributed by atoms with E-state index in [0.717, 1.165) is 21.7 Å². The monoisotopic (exact) mass is 1140 g/mol. The minimum atomic E-state index is -1.45. The maximum atomic E-state index is 14.0. The average Bonchev–Trinajstić information content (AvgIpc) is 4.42. The Hall–Kier alpha value is -5.54. The van der Waals surface area contributed by atoms with Crippen molar-refractivity contribution in [3.63, 3.8) is 0 Å². The van der Waals surface area contributed by atoms with Crippen LogP contribution in [-0.2, 0) is 54.1 Å². The number of rotatable bonds is 31. The number of nitrogens with one attached hydrogen (secondary N) is 1. The molecule has 8 atom stereocenters. The number of likely N-dealkylation sites (tertiary alicyclic amines) is 1. The van der Waals surface area contributed by atoms with Crippen LogP contribution in [0.15, 0.2) is 66.6 Å². The molecule has 79 heavy (non-hydrogen) atoms. The molecule has 0 unspecified atom stereocenters. The number of aliphatic hydroxyl groups is 4. The number of Topliss-reactive ketones (excluding diaryl/α,β-unsaturated/α-hetero) is 2. The second-order valence-corrected chi connectivity index (χ2v) is 21.8. The van der Waals surface area contributed by atoms with E-state index in [1.807, 2.05) is 52.0 Å². The van der Waals surface area contributed by atoms with Gasteiger partial charge in [0.25, 0.3) is 0 Å². The molecular formula is C55H72ClN7O15S. The lowest BCUT2D eigenvalue weighted by Gasteiger charge is -2.34. The van der Waals surface area contributed by atoms with Gasteiger partial charge in [-0.25, -0.2) is 15.0 Å². The fourth-order valence-corrected chi connectivity index (χ4v) is 10.2. The number of hydrogen-bond acceptors (Lipinski definition) is 20. The summed E-state index contributed by atoms with van der Waals surface area (Å²) in [5.41, 5.74) is 10.8. The molecule has 2 fully saturated rings. The summed E-state index contributed by atoms with van der Waals surface area (Å²) in [4.78, 5) is 67.9. The van der Waals surface area contributed by atoms with Crippen LogP contribution in [0.2, 0.25) is 5.02 Å². The Kier molecular flexibility index (Phi) is 22.6. The summed E-state index contributed by atoms with van der Waals surface area (Å²) >= 11 is 7.94. The van der Waals surface area contributed by atoms with Crippen LogP contribution in [0.3, 0.4) is 0 Å². The molecule has 0 saturated carbocycles. The lowest BCUT2D eigenvalue weighted by molar-refractivity contribution is -0.146. The summed E-state index contributed by atoms with van der Waals surface area (Å²) in [6.45, 7) is 9.76. The third-order valence-electron chi connectivity index (χ3n) is 13.6. The predicted molar refractivity (Wildman–Crippen MR) is 291 cm³/mol. The number of nitrogens with two attached hydrogens (primary N) is 1. The summed E-state index contributed by atoms with van der Waals surface area (Å²) in [6.07, 6.45) is -3.85. The Morgan fingerprint density at radius 1 is 0.861 bits per heavy atom. The number of nitrogen functional groups attached to an aromatic ring is 1. The van der Waals surface area contributed by atoms with E-state index in [-0.39, 0.29) is 119 Å². The van der Waals surface area contributed by atoms with E-state index in [2.05, 4.69) is 20.3 Å². The lowest BCUT2D eigenvalue weighted by atomic mass is 9.77. The summed E-state index contributed by atoms with van der Waals surface area (Å²) in [6, 6.07) is 13.3. The zero-order valence-electron chi connectivity index (χ0n) is 44.9. The highest BCUT2D eigenvalue weighted by Crippen LogP contribution is 2.40. The highest BCUT2D eigenvalue weighted by Gasteiger charge is 2.48. The number of nitrogens with zero attached hydrogens (tertiary/aromatic N) is 5. The van der Waals surface area contributed by atoms with E-state index < -0.39 is 54.1 Å². The van der Waals surface area contributed by atoms with Crippen molar-refractivity contribution in [2.45, 2.75) is 103 Å². The van der Waals surface area contributed by atoms with Gasteiger partial charge in [-0.1, -0.05) is 62.7 Å². The van der Waals surface area contributed by atoms with Crippen molar-refractivity contribution in [1.29, 1.82) is 0 Å². The van der Waals surface area contributed by atoms with Gasteiger partial charge < -0.3 is 74.1 Å². The third-order valence-corrected chi connectivity index (χ3v) is 14.9. The van der Waals surface area contributed by atoms with E-state index >= 15 is 0 Å². The summed E-state index contributed by atoms with van der Waals surface area (Å²) in [5.74, 6) is -1.34. The van der Waals surface area contributed by atoms with Gasteiger partial charge in [-0.15, -0.1) is 11.3 Å². The van der Waals surface area contributed by atoms with Crippen LogP contribution in [-0.4, -0.2) is 178 Å². The Morgan fingerprint density at radius 2 is 1.52 bits per heavy atom. The fourth-order valence-electron chi connectivity index (χ4n) is 9.27. The van der Waals surface area contributed by atoms with Gasteiger partial charge in [0.05, 0.1) is 92.1 Å². The first-order chi connectivity index (χ1) is 37.9. The molecule has 2 saturated heterocycles. The van der Waals surface area contributed by atoms with Gasteiger partial charge in [0.15, 0.2) is 17.8 Å². The Balaban J connectivity index is 0.685. The van der Waals surface area contributed by atoms with Crippen molar-refractivity contribution in [1.82, 2.24) is 29.7 Å². The zero-order valence-corrected chi connectivity index (χ0v) is 46.4. The zero-order chi connectivity index (χ0) is 56.6. The van der Waals surface area contributed by atoms with E-state index in [4.69, 9.17) is 50.5 Å². The fraction of sp³-hybridized carbons (Fsp3) is 0.545. The van der Waals surface area contributed by atoms with Crippen LogP contribution in [0.5, 0.6) is 5.75 Å². The maximum absolute atomic E-state index is 14.0. The average molecular weight is 1140 g/mol. The van der Waals surface area contributed by atoms with Crippen LogP contribution in [0.4, 0.5) is 5.82 Å². The van der Waals surface area contributed by atoms with Gasteiger partial charge in [0.2, 0.25) is 11.8 Å². The maximum Gasteiger partial charge on any atom is 0.243 e. The van der Waals surface area contributed by atoms with Crippen molar-refractivity contribution >= 4 is 63.2 Å². The number of benzene rings is 2. The molecule has 5 aromatic rings. The molecule has 24 heteroatoms. The molecule has 0 spiro atoms. The van der Waals surface area contributed by atoms with Crippen LogP contribution in [0, 0.1) is 18.3 Å². The molecule has 2 aromatic carbocycles. The number of thiazole rings is 1. The van der Waals surface area contributed by atoms with Crippen LogP contribution >= 0.6 is 22.9 Å². The molecule has 22 nitrogen and oxygen atoms in total. The number of carbonyl (C=O) groups is 4. The molecule has 7 N–H and O–H groups in total. The van der Waals surface area contributed by atoms with Gasteiger partial charge in [0, 0.05) is 44.5 Å². The lowest BCUT2D eigenvalue weighted by Crippen LogP contribution is -2.50. The van der Waals surface area contributed by atoms with Crippen molar-refractivity contribution in [2.75, 3.05) is 85.0 Å². The molecule has 2 amide bonds. The molecule has 0 bridgehead atoms. The minimum absolute atomic E-state index is 0.00282. The second kappa shape index (κ2) is 29.3. The van der Waals surface area contributed by atoms with E-state index in [1.54, 1.807) is 35.2 Å². The third kappa shape index (κ3) is 16.8. The largest absolute Gasteiger partial charge is 0.492 e. The summed E-state index contributed by atoms with van der Waals surface area (Å²) in [5, 5.41) is 47.3. The van der Waals surface area contributed by atoms with Crippen molar-refractivity contribution in [3.8, 4) is 16.2 Å². The number of fused-ring (bicyclic) bond motifs is 1. The van der Waals surface area contributed by atoms with E-state index in [0.29, 0.717) is 49.4 Å². The SMILES string of the molecule is Cc1ncsc1-c1ccc(CNC(=O)[C@@H]2C[C@@H](O)CN2C(=O)[C@@H](CC(=O)COCCOCCOCCOCCOCC(=O)CCCOc2cc([C@@H](O)[C@H]3O[C@@H](n4ccc5c(N)ncnc54)[C@H](O)[C@@H]3O)ccc2Cl)C(C)(C)C)cc1. The van der Waals surface area contributed by atoms with Crippen LogP contribution in [0.25, 0.3) is 21.5 Å². The van der Waals surface area contributed by atoms with Crippen molar-refractivity contribution < 1.29 is 72.8 Å². The summed E-state index contributed by atoms with van der Waals surface area (Å²) in [7, 11) is 0. The standard InChI is InChI=1S/C55H72ClN7O15S/c1-33-49(79-32-61-33)35-9-7-34(8-10-35)27-58-52(70)43-26-38(65)28-63(43)53(71)41(55(2,3)4)25-39(66)30-76-23-21-74-19-17-72-16-18-73-20-22-75-29-37(64)6-5-15-77-44-24-36(11-12-42(44)56)45(67)48-46(68)47(69)54(78-48)62-14-13-40-50(57)59-31-60-51(40)62/h7-14,24,31-32,38,41,43,45-48,54,65,67-69H,5-6,15-23,25-30H2,1-4H3,(H,58,70)(H2,57,59,60)/t38-,41-,43+,45-,46+,47-,48-,54-/m1/s1. The first kappa shape index (κ1) is 61.1. The number of anilines is 1.